The summed E-state index contributed by atoms with van der Waals surface area (Å²) < 4.78 is 0. The molecule has 0 amide bonds. The average molecular weight is 490 g/mol. The minimum atomic E-state index is 0. The summed E-state index contributed by atoms with van der Waals surface area (Å²) in [4.78, 5) is 0. The summed E-state index contributed by atoms with van der Waals surface area (Å²) in [6.07, 6.45) is 0. The Bertz CT molecular complexity index is 11.6. The molecule has 0 aromatic carbocycles. The zero-order valence-corrected chi connectivity index (χ0v) is 13.5. The van der Waals surface area contributed by atoms with Crippen molar-refractivity contribution in [1.82, 2.24) is 0 Å². The Kier molecular flexibility index (Phi) is 168. The second kappa shape index (κ2) is 24.1. The number of hydrogen-bond acceptors (Lipinski definition) is 0. The van der Waals surface area contributed by atoms with Crippen LogP contribution < -0.4 is 0 Å². The van der Waals surface area contributed by atoms with E-state index in [1.165, 1.54) is 0 Å². The Morgan fingerprint density at radius 1 is 1.00 bits per heavy atom. The van der Waals surface area contributed by atoms with E-state index in [-0.39, 0.29) is 129 Å². The molecule has 0 atom stereocenters. The van der Waals surface area contributed by atoms with Gasteiger partial charge in [0.25, 0.3) is 0 Å². The zero-order chi connectivity index (χ0) is 0. The van der Waals surface area contributed by atoms with Crippen LogP contribution in [0.3, 0.4) is 0 Å². The van der Waals surface area contributed by atoms with Crippen molar-refractivity contribution in [3.63, 3.8) is 0 Å². The van der Waals surface area contributed by atoms with Crippen LogP contribution in [0.2, 0.25) is 0 Å². The van der Waals surface area contributed by atoms with Crippen molar-refractivity contribution < 1.29 is 85.8 Å². The van der Waals surface area contributed by atoms with E-state index in [9.17, 15) is 0 Å². The Morgan fingerprint density at radius 2 is 1.00 bits per heavy atom. The first-order valence-corrected chi connectivity index (χ1v) is 0. The Morgan fingerprint density at radius 3 is 1.00 bits per heavy atom. The quantitative estimate of drug-likeness (QED) is 0.393. The molecule has 0 bridgehead atoms. The van der Waals surface area contributed by atoms with Gasteiger partial charge in [0, 0.05) is 129 Å². The summed E-state index contributed by atoms with van der Waals surface area (Å²) in [5, 5.41) is 0. The molecule has 0 aliphatic carbocycles. The first-order chi connectivity index (χ1) is 0. The van der Waals surface area contributed by atoms with Gasteiger partial charge in [0.1, 0.15) is 0 Å². The van der Waals surface area contributed by atoms with E-state index < -0.39 is 0 Å². The fourth-order valence-corrected chi connectivity index (χ4v) is 0. The van der Waals surface area contributed by atoms with Crippen LogP contribution >= 0.6 is 0 Å². The maximum atomic E-state index is 0. The summed E-state index contributed by atoms with van der Waals surface area (Å²) in [6.45, 7) is 0. The van der Waals surface area contributed by atoms with Gasteiger partial charge in [-0.3, -0.25) is 0 Å². The average Bonchev–Trinajstić information content (AvgIpc) is 0. The molecular formula is AgCeInSeTi. The van der Waals surface area contributed by atoms with Crippen molar-refractivity contribution in [2.75, 3.05) is 0 Å². The smallest absolute Gasteiger partial charge is 0 e. The Hall–Kier alpha value is 4.22. The molecule has 0 aliphatic rings. The zero-order valence-electron chi connectivity index (χ0n) is 2.29. The van der Waals surface area contributed by atoms with Gasteiger partial charge < -0.3 is 0 Å². The normalized spacial score (nSPS) is 0. The Labute approximate surface area is 125 Å². The molecule has 0 rings (SSSR count). The minimum absolute atomic E-state index is 0. The molecule has 5 heavy (non-hydrogen) atoms. The Balaban J connectivity index is 0. The van der Waals surface area contributed by atoms with Crippen LogP contribution in [0.4, 0.5) is 0 Å². The molecule has 0 N–H and O–H groups in total. The molecule has 0 spiro atoms. The van der Waals surface area contributed by atoms with E-state index in [2.05, 4.69) is 0 Å². The molecular weight excluding hydrogens is 490 g/mol. The van der Waals surface area contributed by atoms with E-state index >= 15 is 0 Å². The predicted octanol–water partition coefficient (Wildman–Crippen LogP) is -0.767. The van der Waals surface area contributed by atoms with Crippen molar-refractivity contribution in [3.05, 3.63) is 0 Å². The maximum absolute atomic E-state index is 0. The molecule has 0 nitrogen and oxygen atoms in total. The van der Waals surface area contributed by atoms with Gasteiger partial charge in [-0.05, 0) is 0 Å². The van der Waals surface area contributed by atoms with Gasteiger partial charge in [-0.25, -0.2) is 0 Å². The van der Waals surface area contributed by atoms with Gasteiger partial charge in [-0.15, -0.1) is 0 Å². The van der Waals surface area contributed by atoms with E-state index in [1.54, 1.807) is 0 Å². The monoisotopic (exact) mass is 490 g/mol. The van der Waals surface area contributed by atoms with E-state index in [0.29, 0.717) is 0 Å². The van der Waals surface area contributed by atoms with E-state index in [4.69, 9.17) is 0 Å². The van der Waals surface area contributed by atoms with Crippen molar-refractivity contribution in [3.8, 4) is 0 Å². The SMILES string of the molecule is [Ag].[Ce].[In].[Se].[Ti]. The predicted molar refractivity (Wildman–Crippen MR) is 11.5 cm³/mol. The molecule has 0 aromatic heterocycles. The van der Waals surface area contributed by atoms with Crippen molar-refractivity contribution in [2.24, 2.45) is 0 Å². The molecule has 6 radical (unpaired) electrons. The number of hydrogen-bond donors (Lipinski definition) is 0. The molecule has 0 saturated heterocycles. The van der Waals surface area contributed by atoms with Crippen LogP contribution in [0.15, 0.2) is 0 Å². The van der Waals surface area contributed by atoms with Crippen LogP contribution in [0.25, 0.3) is 0 Å². The van der Waals surface area contributed by atoms with Crippen LogP contribution in [0.5, 0.6) is 0 Å². The largest absolute Gasteiger partial charge is 0 e. The van der Waals surface area contributed by atoms with Gasteiger partial charge >= 0.3 is 0 Å². The van der Waals surface area contributed by atoms with Crippen molar-refractivity contribution in [1.29, 1.82) is 0 Å². The van der Waals surface area contributed by atoms with Crippen LogP contribution in [0.1, 0.15) is 0 Å². The molecule has 0 aromatic rings. The third-order valence-corrected chi connectivity index (χ3v) is 0. The van der Waals surface area contributed by atoms with Gasteiger partial charge in [0.15, 0.2) is 0 Å². The summed E-state index contributed by atoms with van der Waals surface area (Å²) in [7, 11) is 0. The van der Waals surface area contributed by atoms with Crippen LogP contribution in [-0.4, -0.2) is 42.9 Å². The third kappa shape index (κ3) is 17.9. The summed E-state index contributed by atoms with van der Waals surface area (Å²) >= 11 is 0. The molecule has 5 heteroatoms. The fraction of sp³-hybridized carbons (Fsp3) is 0. The minimum Gasteiger partial charge on any atom is 0 e. The number of rotatable bonds is 0. The van der Waals surface area contributed by atoms with Gasteiger partial charge in [-0.2, -0.15) is 0 Å². The molecule has 0 saturated carbocycles. The molecule has 28 valence electrons. The molecule has 0 heterocycles. The molecule has 0 fully saturated rings. The summed E-state index contributed by atoms with van der Waals surface area (Å²) in [6, 6.07) is 0. The fourth-order valence-electron chi connectivity index (χ4n) is 0. The van der Waals surface area contributed by atoms with E-state index in [1.807, 2.05) is 0 Å². The maximum Gasteiger partial charge on any atom is 0 e. The van der Waals surface area contributed by atoms with Crippen LogP contribution in [0, 0.1) is 41.7 Å². The van der Waals surface area contributed by atoms with Gasteiger partial charge in [-0.1, -0.05) is 0 Å². The van der Waals surface area contributed by atoms with E-state index in [0.717, 1.165) is 0 Å². The van der Waals surface area contributed by atoms with Gasteiger partial charge in [0.2, 0.25) is 0 Å². The summed E-state index contributed by atoms with van der Waals surface area (Å²) in [5.41, 5.74) is 0. The van der Waals surface area contributed by atoms with Gasteiger partial charge in [0.05, 0.1) is 0 Å². The topological polar surface area (TPSA) is 0 Å². The first-order valence-electron chi connectivity index (χ1n) is 0. The molecule has 0 unspecified atom stereocenters. The first kappa shape index (κ1) is 35.0. The third-order valence-electron chi connectivity index (χ3n) is 0. The van der Waals surface area contributed by atoms with Crippen molar-refractivity contribution in [2.45, 2.75) is 0 Å². The molecule has 0 aliphatic heterocycles. The summed E-state index contributed by atoms with van der Waals surface area (Å²) in [5.74, 6) is 0. The standard InChI is InChI=1S/Ag.Ce.In.Se.Ti. The van der Waals surface area contributed by atoms with Crippen LogP contribution in [-0.2, 0) is 44.1 Å². The van der Waals surface area contributed by atoms with Crippen molar-refractivity contribution >= 4 is 42.9 Å². The second-order valence-corrected chi connectivity index (χ2v) is 0. The second-order valence-electron chi connectivity index (χ2n) is 0.